The van der Waals surface area contributed by atoms with E-state index in [2.05, 4.69) is 10.0 Å². The van der Waals surface area contributed by atoms with Gasteiger partial charge in [-0.1, -0.05) is 32.1 Å². The van der Waals surface area contributed by atoms with Crippen LogP contribution in [0.5, 0.6) is 0 Å². The van der Waals surface area contributed by atoms with Crippen molar-refractivity contribution >= 4 is 15.9 Å². The fourth-order valence-electron chi connectivity index (χ4n) is 3.12. The zero-order valence-electron chi connectivity index (χ0n) is 15.5. The summed E-state index contributed by atoms with van der Waals surface area (Å²) in [6.07, 6.45) is 8.11. The smallest absolute Gasteiger partial charge is 0.251 e. The molecule has 0 aromatic heterocycles. The molecule has 0 radical (unpaired) electrons. The minimum Gasteiger partial charge on any atom is -0.349 e. The molecule has 0 heterocycles. The first-order valence-corrected chi connectivity index (χ1v) is 10.6. The van der Waals surface area contributed by atoms with Crippen LogP contribution in [0, 0.1) is 0 Å². The average Bonchev–Trinajstić information content (AvgIpc) is 2.47. The number of rotatable bonds is 4. The maximum atomic E-state index is 12.4. The molecular formula is C19H30N2O3S. The molecule has 1 fully saturated rings. The molecule has 0 aliphatic heterocycles. The van der Waals surface area contributed by atoms with E-state index in [1.54, 1.807) is 32.9 Å². The van der Waals surface area contributed by atoms with E-state index >= 15 is 0 Å². The van der Waals surface area contributed by atoms with Crippen LogP contribution in [-0.4, -0.2) is 25.9 Å². The molecule has 1 aromatic rings. The highest BCUT2D eigenvalue weighted by atomic mass is 32.2. The van der Waals surface area contributed by atoms with Crippen LogP contribution in [0.4, 0.5) is 0 Å². The Kier molecular flexibility index (Phi) is 6.63. The van der Waals surface area contributed by atoms with Crippen molar-refractivity contribution in [2.75, 3.05) is 0 Å². The van der Waals surface area contributed by atoms with Crippen LogP contribution in [0.2, 0.25) is 0 Å². The molecule has 0 saturated heterocycles. The van der Waals surface area contributed by atoms with Gasteiger partial charge in [-0.05, 0) is 57.9 Å². The van der Waals surface area contributed by atoms with Crippen LogP contribution in [0.3, 0.4) is 0 Å². The summed E-state index contributed by atoms with van der Waals surface area (Å²) >= 11 is 0. The Hall–Kier alpha value is -1.40. The van der Waals surface area contributed by atoms with E-state index in [0.717, 1.165) is 25.7 Å². The summed E-state index contributed by atoms with van der Waals surface area (Å²) in [7, 11) is -3.58. The Bertz CT molecular complexity index is 668. The summed E-state index contributed by atoms with van der Waals surface area (Å²) in [4.78, 5) is 12.6. The highest BCUT2D eigenvalue weighted by Gasteiger charge is 2.22. The second-order valence-electron chi connectivity index (χ2n) is 7.90. The van der Waals surface area contributed by atoms with Crippen molar-refractivity contribution in [2.45, 2.75) is 82.2 Å². The van der Waals surface area contributed by atoms with Crippen LogP contribution >= 0.6 is 0 Å². The van der Waals surface area contributed by atoms with E-state index in [4.69, 9.17) is 0 Å². The van der Waals surface area contributed by atoms with Crippen molar-refractivity contribution in [3.05, 3.63) is 29.8 Å². The van der Waals surface area contributed by atoms with Gasteiger partial charge in [-0.15, -0.1) is 0 Å². The lowest BCUT2D eigenvalue weighted by molar-refractivity contribution is 0.0930. The van der Waals surface area contributed by atoms with Crippen molar-refractivity contribution in [3.8, 4) is 0 Å². The summed E-state index contributed by atoms with van der Waals surface area (Å²) in [5.74, 6) is -0.127. The van der Waals surface area contributed by atoms with Crippen LogP contribution in [0.15, 0.2) is 29.2 Å². The van der Waals surface area contributed by atoms with Crippen LogP contribution in [-0.2, 0) is 10.0 Å². The van der Waals surface area contributed by atoms with Crippen LogP contribution < -0.4 is 10.0 Å². The van der Waals surface area contributed by atoms with Crippen molar-refractivity contribution < 1.29 is 13.2 Å². The van der Waals surface area contributed by atoms with Gasteiger partial charge in [0, 0.05) is 17.1 Å². The Morgan fingerprint density at radius 3 is 2.00 bits per heavy atom. The van der Waals surface area contributed by atoms with E-state index in [0.29, 0.717) is 5.56 Å². The topological polar surface area (TPSA) is 75.3 Å². The molecule has 1 saturated carbocycles. The van der Waals surface area contributed by atoms with Crippen molar-refractivity contribution in [1.82, 2.24) is 10.0 Å². The van der Waals surface area contributed by atoms with Gasteiger partial charge < -0.3 is 5.32 Å². The fourth-order valence-corrected chi connectivity index (χ4v) is 4.54. The fraction of sp³-hybridized carbons (Fsp3) is 0.632. The molecule has 140 valence electrons. The third-order valence-corrected chi connectivity index (χ3v) is 6.08. The zero-order chi connectivity index (χ0) is 18.5. The van der Waals surface area contributed by atoms with E-state index in [9.17, 15) is 13.2 Å². The van der Waals surface area contributed by atoms with Gasteiger partial charge in [-0.3, -0.25) is 4.79 Å². The molecule has 0 unspecified atom stereocenters. The molecule has 0 atom stereocenters. The lowest BCUT2D eigenvalue weighted by atomic mass is 9.96. The van der Waals surface area contributed by atoms with E-state index in [1.165, 1.54) is 31.4 Å². The van der Waals surface area contributed by atoms with Gasteiger partial charge in [0.1, 0.15) is 0 Å². The molecule has 6 heteroatoms. The maximum Gasteiger partial charge on any atom is 0.251 e. The van der Waals surface area contributed by atoms with Crippen molar-refractivity contribution in [1.29, 1.82) is 0 Å². The summed E-state index contributed by atoms with van der Waals surface area (Å²) in [6, 6.07) is 6.35. The molecule has 5 nitrogen and oxygen atoms in total. The van der Waals surface area contributed by atoms with Crippen molar-refractivity contribution in [2.24, 2.45) is 0 Å². The van der Waals surface area contributed by atoms with Gasteiger partial charge in [-0.25, -0.2) is 13.1 Å². The summed E-state index contributed by atoms with van der Waals surface area (Å²) in [5, 5.41) is 3.10. The molecule has 2 rings (SSSR count). The first kappa shape index (κ1) is 19.9. The lowest BCUT2D eigenvalue weighted by Crippen LogP contribution is -2.40. The number of hydrogen-bond donors (Lipinski definition) is 2. The number of benzene rings is 1. The monoisotopic (exact) mass is 366 g/mol. The molecule has 2 N–H and O–H groups in total. The molecule has 1 amide bonds. The molecule has 1 aliphatic carbocycles. The normalized spacial score (nSPS) is 17.6. The molecule has 1 aromatic carbocycles. The van der Waals surface area contributed by atoms with Gasteiger partial charge in [-0.2, -0.15) is 0 Å². The van der Waals surface area contributed by atoms with Crippen LogP contribution in [0.1, 0.15) is 76.1 Å². The van der Waals surface area contributed by atoms with E-state index in [1.807, 2.05) is 0 Å². The van der Waals surface area contributed by atoms with Gasteiger partial charge in [0.2, 0.25) is 10.0 Å². The summed E-state index contributed by atoms with van der Waals surface area (Å²) < 4.78 is 27.2. The standard InChI is InChI=1S/C19H30N2O3S/c1-19(2,3)21-25(23,24)17-13-11-15(12-14-17)18(22)20-16-9-7-5-4-6-8-10-16/h11-14,16,21H,4-10H2,1-3H3,(H,20,22). The predicted octanol–water partition coefficient (Wildman–Crippen LogP) is 3.61. The second-order valence-corrected chi connectivity index (χ2v) is 9.58. The quantitative estimate of drug-likeness (QED) is 0.855. The largest absolute Gasteiger partial charge is 0.349 e. The number of amides is 1. The number of hydrogen-bond acceptors (Lipinski definition) is 3. The number of carbonyl (C=O) groups is 1. The van der Waals surface area contributed by atoms with Gasteiger partial charge in [0.25, 0.3) is 5.91 Å². The van der Waals surface area contributed by atoms with Gasteiger partial charge in [0.15, 0.2) is 0 Å². The number of nitrogens with one attached hydrogen (secondary N) is 2. The average molecular weight is 367 g/mol. The van der Waals surface area contributed by atoms with Crippen molar-refractivity contribution in [3.63, 3.8) is 0 Å². The number of carbonyl (C=O) groups excluding carboxylic acids is 1. The minimum atomic E-state index is -3.58. The van der Waals surface area contributed by atoms with E-state index in [-0.39, 0.29) is 16.8 Å². The molecule has 1 aliphatic rings. The SMILES string of the molecule is CC(C)(C)NS(=O)(=O)c1ccc(C(=O)NC2CCCCCCC2)cc1. The molecule has 0 spiro atoms. The maximum absolute atomic E-state index is 12.4. The van der Waals surface area contributed by atoms with Crippen LogP contribution in [0.25, 0.3) is 0 Å². The third-order valence-electron chi connectivity index (χ3n) is 4.31. The van der Waals surface area contributed by atoms with Gasteiger partial charge >= 0.3 is 0 Å². The zero-order valence-corrected chi connectivity index (χ0v) is 16.3. The Labute approximate surface area is 151 Å². The molecular weight excluding hydrogens is 336 g/mol. The molecule has 25 heavy (non-hydrogen) atoms. The minimum absolute atomic E-state index is 0.127. The molecule has 0 bridgehead atoms. The third kappa shape index (κ3) is 6.44. The van der Waals surface area contributed by atoms with E-state index < -0.39 is 15.6 Å². The number of sulfonamides is 1. The Balaban J connectivity index is 2.02. The highest BCUT2D eigenvalue weighted by Crippen LogP contribution is 2.18. The first-order valence-electron chi connectivity index (χ1n) is 9.12. The Morgan fingerprint density at radius 2 is 1.48 bits per heavy atom. The second kappa shape index (κ2) is 8.32. The Morgan fingerprint density at radius 1 is 0.960 bits per heavy atom. The lowest BCUT2D eigenvalue weighted by Gasteiger charge is -2.21. The predicted molar refractivity (Wildman–Crippen MR) is 100 cm³/mol. The highest BCUT2D eigenvalue weighted by molar-refractivity contribution is 7.89. The summed E-state index contributed by atoms with van der Waals surface area (Å²) in [6.45, 7) is 5.38. The summed E-state index contributed by atoms with van der Waals surface area (Å²) in [5.41, 5.74) is -0.0515. The first-order chi connectivity index (χ1) is 11.7. The van der Waals surface area contributed by atoms with Gasteiger partial charge in [0.05, 0.1) is 4.90 Å².